The van der Waals surface area contributed by atoms with Gasteiger partial charge in [0.25, 0.3) is 0 Å². The summed E-state index contributed by atoms with van der Waals surface area (Å²) in [4.78, 5) is 17.0. The molecule has 0 saturated carbocycles. The lowest BCUT2D eigenvalue weighted by Crippen LogP contribution is -2.13. The highest BCUT2D eigenvalue weighted by atomic mass is 32.8. The van der Waals surface area contributed by atoms with Gasteiger partial charge in [-0.05, 0) is 13.8 Å². The van der Waals surface area contributed by atoms with Gasteiger partial charge in [-0.15, -0.1) is 4.31 Å². The Kier molecular flexibility index (Phi) is 4.68. The van der Waals surface area contributed by atoms with Gasteiger partial charge >= 0.3 is 24.3 Å². The highest BCUT2D eigenvalue weighted by Gasteiger charge is 2.55. The highest BCUT2D eigenvalue weighted by molar-refractivity contribution is 8.53. The summed E-state index contributed by atoms with van der Waals surface area (Å²) in [6.07, 6.45) is -0.291. The first-order chi connectivity index (χ1) is 6.08. The quantitative estimate of drug-likeness (QED) is 0.499. The smallest absolute Gasteiger partial charge is 0.300 e. The molecule has 0 unspecified atom stereocenters. The van der Waals surface area contributed by atoms with Crippen LogP contribution in [0.4, 0.5) is 0 Å². The minimum atomic E-state index is -4.91. The normalized spacial score (nSPS) is 14.4. The maximum absolute atomic E-state index is 10.9. The fraction of sp³-hybridized carbons (Fsp3) is 1.00. The van der Waals surface area contributed by atoms with Gasteiger partial charge in [0.15, 0.2) is 0 Å². The minimum absolute atomic E-state index is 0.145. The molecule has 86 valence electrons. The van der Waals surface area contributed by atoms with Crippen molar-refractivity contribution in [1.82, 2.24) is 0 Å². The van der Waals surface area contributed by atoms with E-state index in [0.29, 0.717) is 0 Å². The Labute approximate surface area is 82.6 Å². The van der Waals surface area contributed by atoms with Gasteiger partial charge in [0.05, 0.1) is 0 Å². The van der Waals surface area contributed by atoms with Gasteiger partial charge in [0.1, 0.15) is 12.3 Å². The van der Waals surface area contributed by atoms with E-state index in [-0.39, 0.29) is 12.3 Å². The molecule has 0 amide bonds. The molecule has 0 aliphatic rings. The van der Waals surface area contributed by atoms with Crippen molar-refractivity contribution >= 4 is 24.3 Å². The molecule has 0 radical (unpaired) electrons. The number of hydrogen-bond acceptors (Lipinski definition) is 4. The first-order valence-corrected chi connectivity index (χ1v) is 9.35. The maximum Gasteiger partial charge on any atom is 0.504 e. The Bertz CT molecular complexity index is 326. The van der Waals surface area contributed by atoms with E-state index in [4.69, 9.17) is 14.3 Å². The van der Waals surface area contributed by atoms with Gasteiger partial charge in [-0.25, -0.2) is 4.57 Å². The molecule has 0 heterocycles. The molecular formula is C4H13O7P2S+. The van der Waals surface area contributed by atoms with Crippen molar-refractivity contribution in [2.75, 3.05) is 12.3 Å². The summed E-state index contributed by atoms with van der Waals surface area (Å²) in [6, 6.07) is 0. The monoisotopic (exact) mass is 267 g/mol. The SMILES string of the molecule is CC[P+](CC)(OP(=O)(O)O)S(=O)(=O)O. The summed E-state index contributed by atoms with van der Waals surface area (Å²) in [5.41, 5.74) is 0. The Hall–Kier alpha value is 0.450. The molecule has 0 atom stereocenters. The average Bonchev–Trinajstić information content (AvgIpc) is 1.96. The van der Waals surface area contributed by atoms with Crippen LogP contribution in [0.25, 0.3) is 0 Å². The second kappa shape index (κ2) is 4.53. The zero-order chi connectivity index (χ0) is 11.6. The third kappa shape index (κ3) is 3.55. The van der Waals surface area contributed by atoms with Crippen LogP contribution in [0.5, 0.6) is 0 Å². The molecule has 0 aromatic heterocycles. The van der Waals surface area contributed by atoms with Crippen LogP contribution < -0.4 is 0 Å². The summed E-state index contributed by atoms with van der Waals surface area (Å²) in [6.45, 7) is -0.719. The van der Waals surface area contributed by atoms with Crippen LogP contribution in [-0.4, -0.2) is 35.1 Å². The largest absolute Gasteiger partial charge is 0.504 e. The van der Waals surface area contributed by atoms with Gasteiger partial charge < -0.3 is 9.79 Å². The Morgan fingerprint density at radius 2 is 1.64 bits per heavy atom. The third-order valence-corrected chi connectivity index (χ3v) is 11.1. The van der Waals surface area contributed by atoms with Crippen molar-refractivity contribution in [1.29, 1.82) is 0 Å². The van der Waals surface area contributed by atoms with Crippen molar-refractivity contribution in [3.8, 4) is 0 Å². The van der Waals surface area contributed by atoms with Crippen molar-refractivity contribution in [2.24, 2.45) is 0 Å². The summed E-state index contributed by atoms with van der Waals surface area (Å²) in [7, 11) is -9.47. The van der Waals surface area contributed by atoms with Crippen molar-refractivity contribution < 1.29 is 31.6 Å². The van der Waals surface area contributed by atoms with Gasteiger partial charge in [0, 0.05) is 0 Å². The van der Waals surface area contributed by atoms with E-state index in [1.54, 1.807) is 0 Å². The number of rotatable bonds is 5. The van der Waals surface area contributed by atoms with E-state index in [1.807, 2.05) is 0 Å². The van der Waals surface area contributed by atoms with Crippen LogP contribution in [0.2, 0.25) is 0 Å². The van der Waals surface area contributed by atoms with Gasteiger partial charge in [-0.1, -0.05) is 0 Å². The zero-order valence-corrected chi connectivity index (χ0v) is 10.3. The molecule has 3 N–H and O–H groups in total. The summed E-state index contributed by atoms with van der Waals surface area (Å²) < 4.78 is 45.5. The fourth-order valence-electron chi connectivity index (χ4n) is 0.901. The Morgan fingerprint density at radius 3 is 1.71 bits per heavy atom. The molecule has 0 rings (SSSR count). The molecule has 7 nitrogen and oxygen atoms in total. The summed E-state index contributed by atoms with van der Waals surface area (Å²) in [5.74, 6) is 0. The van der Waals surface area contributed by atoms with E-state index in [2.05, 4.69) is 4.31 Å². The summed E-state index contributed by atoms with van der Waals surface area (Å²) >= 11 is 0. The average molecular weight is 267 g/mol. The zero-order valence-electron chi connectivity index (χ0n) is 7.69. The molecule has 0 aliphatic heterocycles. The minimum Gasteiger partial charge on any atom is -0.300 e. The van der Waals surface area contributed by atoms with Crippen LogP contribution >= 0.6 is 14.5 Å². The number of hydrogen-bond donors (Lipinski definition) is 3. The third-order valence-electron chi connectivity index (χ3n) is 1.64. The van der Waals surface area contributed by atoms with E-state index in [9.17, 15) is 13.0 Å². The van der Waals surface area contributed by atoms with Crippen LogP contribution in [-0.2, 0) is 18.6 Å². The Morgan fingerprint density at radius 1 is 1.29 bits per heavy atom. The lowest BCUT2D eigenvalue weighted by Gasteiger charge is -2.18. The van der Waals surface area contributed by atoms with Gasteiger partial charge in [-0.3, -0.25) is 4.55 Å². The van der Waals surface area contributed by atoms with Crippen molar-refractivity contribution in [2.45, 2.75) is 13.8 Å². The van der Waals surface area contributed by atoms with Crippen LogP contribution in [0.1, 0.15) is 13.8 Å². The van der Waals surface area contributed by atoms with E-state index in [1.165, 1.54) is 13.8 Å². The molecule has 0 fully saturated rings. The molecular weight excluding hydrogens is 254 g/mol. The Balaban J connectivity index is 5.22. The molecule has 0 bridgehead atoms. The first kappa shape index (κ1) is 14.5. The lowest BCUT2D eigenvalue weighted by molar-refractivity contribution is 0.291. The van der Waals surface area contributed by atoms with E-state index < -0.39 is 24.3 Å². The molecule has 0 aromatic carbocycles. The summed E-state index contributed by atoms with van der Waals surface area (Å²) in [5, 5.41) is 0. The van der Waals surface area contributed by atoms with Crippen molar-refractivity contribution in [3.05, 3.63) is 0 Å². The molecule has 10 heteroatoms. The molecule has 0 spiro atoms. The molecule has 14 heavy (non-hydrogen) atoms. The second-order valence-electron chi connectivity index (χ2n) is 2.47. The standard InChI is InChI=1S/C4H12O7P2S/c1-3-12(4-2,14(8,9)10)11-13(5,6)7/h3-4H2,1-2H3,(H2-,5,6,7,8,9,10)/p+1. The van der Waals surface area contributed by atoms with E-state index in [0.717, 1.165) is 0 Å². The first-order valence-electron chi connectivity index (χ1n) is 3.69. The van der Waals surface area contributed by atoms with Gasteiger partial charge in [0.2, 0.25) is 0 Å². The highest BCUT2D eigenvalue weighted by Crippen LogP contribution is 2.71. The molecule has 0 saturated heterocycles. The molecule has 0 aromatic rings. The molecule has 0 aliphatic carbocycles. The fourth-order valence-corrected chi connectivity index (χ4v) is 8.31. The maximum atomic E-state index is 10.9. The van der Waals surface area contributed by atoms with Crippen LogP contribution in [0, 0.1) is 0 Å². The predicted molar refractivity (Wildman–Crippen MR) is 52.7 cm³/mol. The van der Waals surface area contributed by atoms with Gasteiger partial charge in [-0.2, -0.15) is 8.42 Å². The van der Waals surface area contributed by atoms with E-state index >= 15 is 0 Å². The van der Waals surface area contributed by atoms with Crippen LogP contribution in [0.3, 0.4) is 0 Å². The second-order valence-corrected chi connectivity index (χ2v) is 11.3. The number of phosphoric acid groups is 1. The van der Waals surface area contributed by atoms with Crippen LogP contribution in [0.15, 0.2) is 0 Å². The lowest BCUT2D eigenvalue weighted by atomic mass is 11.0. The predicted octanol–water partition coefficient (Wildman–Crippen LogP) is 0.871. The topological polar surface area (TPSA) is 121 Å². The van der Waals surface area contributed by atoms with Crippen molar-refractivity contribution in [3.63, 3.8) is 0 Å².